The number of fused-ring (bicyclic) bond motifs is 1. The molecule has 1 fully saturated rings. The number of hydrogen-bond acceptors (Lipinski definition) is 6. The van der Waals surface area contributed by atoms with Crippen LogP contribution < -0.4 is 15.2 Å². The number of sulfonamides is 2. The number of aromatic amines is 1. The molecule has 5 aromatic rings. The Labute approximate surface area is 274 Å². The Morgan fingerprint density at radius 3 is 2.28 bits per heavy atom. The normalized spacial score (nSPS) is 14.6. The fraction of sp³-hybridized carbons (Fsp3) is 0.229. The molecule has 10 nitrogen and oxygen atoms in total. The van der Waals surface area contributed by atoms with Crippen LogP contribution in [0.4, 0.5) is 5.69 Å². The van der Waals surface area contributed by atoms with Crippen molar-refractivity contribution in [2.24, 2.45) is 5.73 Å². The lowest BCUT2D eigenvalue weighted by atomic mass is 9.88. The Morgan fingerprint density at radius 1 is 0.872 bits per heavy atom. The Kier molecular flexibility index (Phi) is 9.35. The van der Waals surface area contributed by atoms with Gasteiger partial charge in [0, 0.05) is 36.4 Å². The summed E-state index contributed by atoms with van der Waals surface area (Å²) in [5.41, 5.74) is 10.2. The summed E-state index contributed by atoms with van der Waals surface area (Å²) < 4.78 is 61.8. The second-order valence-corrected chi connectivity index (χ2v) is 15.3. The van der Waals surface area contributed by atoms with Gasteiger partial charge in [-0.3, -0.25) is 9.52 Å². The minimum atomic E-state index is -3.81. The first-order valence-electron chi connectivity index (χ1n) is 15.4. The molecular weight excluding hydrogens is 637 g/mol. The summed E-state index contributed by atoms with van der Waals surface area (Å²) >= 11 is 0. The van der Waals surface area contributed by atoms with Gasteiger partial charge in [0.2, 0.25) is 10.0 Å². The van der Waals surface area contributed by atoms with E-state index in [0.29, 0.717) is 48.4 Å². The van der Waals surface area contributed by atoms with Crippen LogP contribution in [0.2, 0.25) is 0 Å². The van der Waals surface area contributed by atoms with Gasteiger partial charge in [0.1, 0.15) is 5.75 Å². The first kappa shape index (κ1) is 32.3. The molecule has 244 valence electrons. The van der Waals surface area contributed by atoms with Crippen LogP contribution in [0.1, 0.15) is 41.1 Å². The minimum Gasteiger partial charge on any atom is -0.494 e. The zero-order chi connectivity index (χ0) is 33.0. The average Bonchev–Trinajstić information content (AvgIpc) is 3.51. The third kappa shape index (κ3) is 7.35. The van der Waals surface area contributed by atoms with Crippen molar-refractivity contribution in [3.8, 4) is 16.9 Å². The standard InChI is InChI=1S/C35H36N4O6S2/c36-35(40)32-22-27(25-9-3-1-4-10-25)21-31-33(24-37-34(31)32)26-15-17-39(18-16-26)46(41,42)20-8-19-45-29-13-7-14-30(23-29)47(43,44)38-28-11-5-2-6-12-28/h1-7,9-14,21-24,26,37-38H,8,15-20H2,(H2,36,40). The van der Waals surface area contributed by atoms with Crippen LogP contribution in [0, 0.1) is 0 Å². The predicted octanol–water partition coefficient (Wildman–Crippen LogP) is 5.71. The van der Waals surface area contributed by atoms with E-state index in [4.69, 9.17) is 10.5 Å². The van der Waals surface area contributed by atoms with E-state index < -0.39 is 26.0 Å². The number of nitrogens with zero attached hydrogens (tertiary/aromatic N) is 1. The molecule has 1 aliphatic rings. The van der Waals surface area contributed by atoms with Gasteiger partial charge in [-0.1, -0.05) is 54.6 Å². The van der Waals surface area contributed by atoms with Crippen molar-refractivity contribution >= 4 is 42.5 Å². The van der Waals surface area contributed by atoms with E-state index in [-0.39, 0.29) is 29.6 Å². The van der Waals surface area contributed by atoms with Crippen molar-refractivity contribution in [2.45, 2.75) is 30.1 Å². The summed E-state index contributed by atoms with van der Waals surface area (Å²) in [5.74, 6) is -0.136. The maximum absolute atomic E-state index is 13.2. The Balaban J connectivity index is 1.05. The van der Waals surface area contributed by atoms with Gasteiger partial charge in [-0.25, -0.2) is 21.1 Å². The van der Waals surface area contributed by atoms with Crippen molar-refractivity contribution in [1.29, 1.82) is 0 Å². The smallest absolute Gasteiger partial charge is 0.262 e. The summed E-state index contributed by atoms with van der Waals surface area (Å²) in [6.07, 6.45) is 3.45. The van der Waals surface area contributed by atoms with Crippen molar-refractivity contribution in [3.05, 3.63) is 114 Å². The molecule has 4 aromatic carbocycles. The van der Waals surface area contributed by atoms with Gasteiger partial charge in [0.25, 0.3) is 15.9 Å². The number of nitrogens with two attached hydrogens (primary N) is 1. The number of amides is 1. The van der Waals surface area contributed by atoms with Crippen LogP contribution >= 0.6 is 0 Å². The number of rotatable bonds is 12. The van der Waals surface area contributed by atoms with Crippen LogP contribution in [0.25, 0.3) is 22.0 Å². The Hall–Kier alpha value is -4.65. The van der Waals surface area contributed by atoms with Gasteiger partial charge in [0.15, 0.2) is 0 Å². The first-order valence-corrected chi connectivity index (χ1v) is 18.5. The second-order valence-electron chi connectivity index (χ2n) is 11.6. The summed E-state index contributed by atoms with van der Waals surface area (Å²) in [6.45, 7) is 0.887. The number of carbonyl (C=O) groups excluding carboxylic acids is 1. The molecule has 12 heteroatoms. The Bertz CT molecular complexity index is 2090. The molecule has 47 heavy (non-hydrogen) atoms. The molecular formula is C35H36N4O6S2. The fourth-order valence-corrected chi connectivity index (χ4v) is 8.64. The van der Waals surface area contributed by atoms with Crippen LogP contribution in [0.5, 0.6) is 5.75 Å². The number of benzene rings is 4. The van der Waals surface area contributed by atoms with Gasteiger partial charge < -0.3 is 15.5 Å². The van der Waals surface area contributed by atoms with E-state index in [1.807, 2.05) is 36.5 Å². The monoisotopic (exact) mass is 672 g/mol. The van der Waals surface area contributed by atoms with Gasteiger partial charge in [-0.15, -0.1) is 0 Å². The summed E-state index contributed by atoms with van der Waals surface area (Å²) in [5, 5.41) is 0.923. The highest BCUT2D eigenvalue weighted by Gasteiger charge is 2.30. The molecule has 0 unspecified atom stereocenters. The molecule has 1 aromatic heterocycles. The van der Waals surface area contributed by atoms with Crippen LogP contribution in [-0.2, 0) is 20.0 Å². The molecule has 0 atom stereocenters. The topological polar surface area (TPSA) is 152 Å². The Morgan fingerprint density at radius 2 is 1.57 bits per heavy atom. The van der Waals surface area contributed by atoms with Gasteiger partial charge in [-0.05, 0) is 78.3 Å². The number of hydrogen-bond donors (Lipinski definition) is 3. The lowest BCUT2D eigenvalue weighted by Crippen LogP contribution is -2.39. The van der Waals surface area contributed by atoms with Gasteiger partial charge in [-0.2, -0.15) is 0 Å². The molecule has 1 saturated heterocycles. The molecule has 1 amide bonds. The van der Waals surface area contributed by atoms with E-state index in [2.05, 4.69) is 15.8 Å². The van der Waals surface area contributed by atoms with E-state index in [0.717, 1.165) is 22.1 Å². The number of H-pyrrole nitrogens is 1. The number of nitrogens with one attached hydrogen (secondary N) is 2. The van der Waals surface area contributed by atoms with E-state index in [9.17, 15) is 21.6 Å². The number of para-hydroxylation sites is 1. The first-order chi connectivity index (χ1) is 22.6. The molecule has 4 N–H and O–H groups in total. The molecule has 0 aliphatic carbocycles. The van der Waals surface area contributed by atoms with Gasteiger partial charge in [0.05, 0.1) is 28.3 Å². The number of ether oxygens (including phenoxy) is 1. The maximum Gasteiger partial charge on any atom is 0.262 e. The lowest BCUT2D eigenvalue weighted by Gasteiger charge is -2.31. The van der Waals surface area contributed by atoms with Crippen molar-refractivity contribution in [2.75, 3.05) is 30.2 Å². The number of anilines is 1. The summed E-state index contributed by atoms with van der Waals surface area (Å²) in [6, 6.07) is 28.4. The largest absolute Gasteiger partial charge is 0.494 e. The number of primary amides is 1. The number of carbonyl (C=O) groups is 1. The SMILES string of the molecule is NC(=O)c1cc(-c2ccccc2)cc2c(C3CCN(S(=O)(=O)CCCOc4cccc(S(=O)(=O)Nc5ccccc5)c4)CC3)c[nH]c12. The van der Waals surface area contributed by atoms with E-state index in [1.54, 1.807) is 48.5 Å². The molecule has 0 radical (unpaired) electrons. The second kappa shape index (κ2) is 13.6. The van der Waals surface area contributed by atoms with Crippen LogP contribution in [0.3, 0.4) is 0 Å². The van der Waals surface area contributed by atoms with Crippen LogP contribution in [0.15, 0.2) is 108 Å². The van der Waals surface area contributed by atoms with Crippen molar-refractivity contribution in [3.63, 3.8) is 0 Å². The third-order valence-electron chi connectivity index (χ3n) is 8.44. The van der Waals surface area contributed by atoms with E-state index in [1.165, 1.54) is 16.4 Å². The highest BCUT2D eigenvalue weighted by Crippen LogP contribution is 2.37. The maximum atomic E-state index is 13.2. The summed E-state index contributed by atoms with van der Waals surface area (Å²) in [7, 11) is -7.33. The lowest BCUT2D eigenvalue weighted by molar-refractivity contribution is 0.100. The van der Waals surface area contributed by atoms with Crippen molar-refractivity contribution in [1.82, 2.24) is 9.29 Å². The predicted molar refractivity (Wildman–Crippen MR) is 183 cm³/mol. The zero-order valence-electron chi connectivity index (χ0n) is 25.6. The quantitative estimate of drug-likeness (QED) is 0.144. The zero-order valence-corrected chi connectivity index (χ0v) is 27.3. The third-order valence-corrected chi connectivity index (χ3v) is 11.8. The molecule has 6 rings (SSSR count). The van der Waals surface area contributed by atoms with Gasteiger partial charge >= 0.3 is 0 Å². The molecule has 0 bridgehead atoms. The minimum absolute atomic E-state index is 0.0479. The molecule has 0 spiro atoms. The van der Waals surface area contributed by atoms with E-state index >= 15 is 0 Å². The molecule has 0 saturated carbocycles. The van der Waals surface area contributed by atoms with Crippen LogP contribution in [-0.4, -0.2) is 57.5 Å². The number of aromatic nitrogens is 1. The highest BCUT2D eigenvalue weighted by atomic mass is 32.2. The summed E-state index contributed by atoms with van der Waals surface area (Å²) in [4.78, 5) is 15.6. The average molecular weight is 673 g/mol. The van der Waals surface area contributed by atoms with Crippen molar-refractivity contribution < 1.29 is 26.4 Å². The molecule has 2 heterocycles. The molecule has 1 aliphatic heterocycles. The number of piperidine rings is 1. The fourth-order valence-electron chi connectivity index (χ4n) is 6.04. The highest BCUT2D eigenvalue weighted by molar-refractivity contribution is 7.92.